The minimum Gasteiger partial charge on any atom is -0.497 e. The van der Waals surface area contributed by atoms with Crippen LogP contribution in [0.5, 0.6) is 5.75 Å². The van der Waals surface area contributed by atoms with Gasteiger partial charge in [0, 0.05) is 23.3 Å². The Labute approximate surface area is 204 Å². The quantitative estimate of drug-likeness (QED) is 0.368. The normalized spacial score (nSPS) is 10.7. The average Bonchev–Trinajstić information content (AvgIpc) is 3.43. The second kappa shape index (κ2) is 10.3. The van der Waals surface area contributed by atoms with Crippen LogP contribution in [0.4, 0.5) is 5.00 Å². The maximum Gasteiger partial charge on any atom is 0.344 e. The van der Waals surface area contributed by atoms with Gasteiger partial charge in [-0.3, -0.25) is 4.79 Å². The lowest BCUT2D eigenvalue weighted by Gasteiger charge is -2.09. The monoisotopic (exact) mass is 494 g/mol. The second-order valence-electron chi connectivity index (χ2n) is 7.28. The Morgan fingerprint density at radius 3 is 2.54 bits per heavy atom. The van der Waals surface area contributed by atoms with Gasteiger partial charge in [-0.05, 0) is 37.6 Å². The van der Waals surface area contributed by atoms with Gasteiger partial charge in [-0.25, -0.2) is 19.1 Å². The van der Waals surface area contributed by atoms with Crippen LogP contribution in [0.15, 0.2) is 48.1 Å². The first-order valence-corrected chi connectivity index (χ1v) is 11.5. The number of aromatic nitrogens is 3. The number of fused-ring (bicyclic) bond motifs is 1. The van der Waals surface area contributed by atoms with Crippen LogP contribution >= 0.6 is 11.3 Å². The molecule has 0 saturated carbocycles. The lowest BCUT2D eigenvalue weighted by Crippen LogP contribution is -2.22. The summed E-state index contributed by atoms with van der Waals surface area (Å²) in [4.78, 5) is 42.1. The third-order valence-corrected chi connectivity index (χ3v) is 5.93. The molecule has 0 bridgehead atoms. The average molecular weight is 495 g/mol. The Morgan fingerprint density at radius 2 is 1.83 bits per heavy atom. The fourth-order valence-electron chi connectivity index (χ4n) is 3.44. The zero-order chi connectivity index (χ0) is 24.9. The van der Waals surface area contributed by atoms with Crippen molar-refractivity contribution in [2.45, 2.75) is 13.8 Å². The number of amides is 1. The van der Waals surface area contributed by atoms with Gasteiger partial charge in [0.2, 0.25) is 0 Å². The minimum atomic E-state index is -0.720. The van der Waals surface area contributed by atoms with E-state index in [9.17, 15) is 14.4 Å². The van der Waals surface area contributed by atoms with Crippen molar-refractivity contribution in [3.63, 3.8) is 0 Å². The summed E-state index contributed by atoms with van der Waals surface area (Å²) in [5.41, 5.74) is 2.54. The van der Waals surface area contributed by atoms with Crippen LogP contribution in [0.3, 0.4) is 0 Å². The largest absolute Gasteiger partial charge is 0.497 e. The third kappa shape index (κ3) is 4.99. The summed E-state index contributed by atoms with van der Waals surface area (Å²) in [7, 11) is 1.57. The summed E-state index contributed by atoms with van der Waals surface area (Å²) in [6, 6.07) is 8.85. The van der Waals surface area contributed by atoms with E-state index in [1.807, 2.05) is 12.1 Å². The van der Waals surface area contributed by atoms with Crippen LogP contribution in [0.25, 0.3) is 16.8 Å². The highest BCUT2D eigenvalue weighted by Gasteiger charge is 2.24. The molecule has 0 aliphatic carbocycles. The molecule has 4 rings (SSSR count). The molecule has 0 atom stereocenters. The molecule has 0 saturated heterocycles. The summed E-state index contributed by atoms with van der Waals surface area (Å²) >= 11 is 1.17. The number of carbonyl (C=O) groups is 3. The summed E-state index contributed by atoms with van der Waals surface area (Å²) in [5.74, 6) is -1.22. The van der Waals surface area contributed by atoms with Gasteiger partial charge in [0.25, 0.3) is 5.91 Å². The number of nitrogens with one attached hydrogen (secondary N) is 1. The predicted octanol–water partition coefficient (Wildman–Crippen LogP) is 3.75. The van der Waals surface area contributed by atoms with E-state index in [1.54, 1.807) is 50.7 Å². The lowest BCUT2D eigenvalue weighted by molar-refractivity contribution is -0.119. The number of aryl methyl sites for hydroxylation is 1. The summed E-state index contributed by atoms with van der Waals surface area (Å²) in [5, 5.41) is 8.92. The SMILES string of the molecule is CCOC(=O)c1c(-c2ccc(OC)cc2)csc1NC(=O)COC(=O)c1c(C)nn2cccnc12. The Morgan fingerprint density at radius 1 is 1.09 bits per heavy atom. The molecule has 11 heteroatoms. The number of carbonyl (C=O) groups excluding carboxylic acids is 3. The van der Waals surface area contributed by atoms with Gasteiger partial charge >= 0.3 is 11.9 Å². The summed E-state index contributed by atoms with van der Waals surface area (Å²) in [6.07, 6.45) is 3.20. The predicted molar refractivity (Wildman–Crippen MR) is 129 cm³/mol. The molecule has 0 radical (unpaired) electrons. The van der Waals surface area contributed by atoms with Crippen LogP contribution in [0.1, 0.15) is 33.3 Å². The van der Waals surface area contributed by atoms with Crippen LogP contribution in [0.2, 0.25) is 0 Å². The van der Waals surface area contributed by atoms with Gasteiger partial charge in [0.1, 0.15) is 21.9 Å². The summed E-state index contributed by atoms with van der Waals surface area (Å²) in [6.45, 7) is 2.98. The van der Waals surface area contributed by atoms with Crippen LogP contribution in [-0.2, 0) is 14.3 Å². The van der Waals surface area contributed by atoms with E-state index in [2.05, 4.69) is 15.4 Å². The number of ether oxygens (including phenoxy) is 3. The molecular formula is C24H22N4O6S. The molecule has 0 fully saturated rings. The van der Waals surface area contributed by atoms with Gasteiger partial charge in [0.15, 0.2) is 12.3 Å². The van der Waals surface area contributed by atoms with Crippen LogP contribution in [-0.4, -0.2) is 52.8 Å². The minimum absolute atomic E-state index is 0.175. The molecule has 0 spiro atoms. The van der Waals surface area contributed by atoms with E-state index in [0.717, 1.165) is 5.56 Å². The lowest BCUT2D eigenvalue weighted by atomic mass is 10.0. The van der Waals surface area contributed by atoms with Crippen molar-refractivity contribution in [2.75, 3.05) is 25.6 Å². The number of esters is 2. The third-order valence-electron chi connectivity index (χ3n) is 5.03. The highest BCUT2D eigenvalue weighted by Crippen LogP contribution is 2.36. The molecular weight excluding hydrogens is 472 g/mol. The second-order valence-corrected chi connectivity index (χ2v) is 8.15. The van der Waals surface area contributed by atoms with Crippen molar-refractivity contribution >= 4 is 39.8 Å². The number of benzene rings is 1. The Balaban J connectivity index is 1.51. The Bertz CT molecular complexity index is 1390. The molecule has 3 heterocycles. The number of hydrogen-bond acceptors (Lipinski definition) is 9. The van der Waals surface area contributed by atoms with E-state index >= 15 is 0 Å². The fourth-order valence-corrected chi connectivity index (χ4v) is 4.41. The van der Waals surface area contributed by atoms with Gasteiger partial charge in [-0.1, -0.05) is 12.1 Å². The fraction of sp³-hybridized carbons (Fsp3) is 0.208. The topological polar surface area (TPSA) is 121 Å². The maximum absolute atomic E-state index is 12.7. The van der Waals surface area contributed by atoms with Crippen molar-refractivity contribution in [3.8, 4) is 16.9 Å². The number of nitrogens with zero attached hydrogens (tertiary/aromatic N) is 3. The van der Waals surface area contributed by atoms with Crippen molar-refractivity contribution in [3.05, 3.63) is 64.9 Å². The van der Waals surface area contributed by atoms with Crippen molar-refractivity contribution in [1.29, 1.82) is 0 Å². The molecule has 0 aliphatic rings. The van der Waals surface area contributed by atoms with E-state index in [4.69, 9.17) is 14.2 Å². The van der Waals surface area contributed by atoms with Gasteiger partial charge in [-0.15, -0.1) is 11.3 Å². The molecule has 4 aromatic rings. The highest BCUT2D eigenvalue weighted by atomic mass is 32.1. The first-order chi connectivity index (χ1) is 16.9. The van der Waals surface area contributed by atoms with E-state index < -0.39 is 24.5 Å². The molecule has 1 amide bonds. The van der Waals surface area contributed by atoms with E-state index in [0.29, 0.717) is 27.7 Å². The van der Waals surface area contributed by atoms with Crippen molar-refractivity contribution in [2.24, 2.45) is 0 Å². The zero-order valence-corrected chi connectivity index (χ0v) is 20.0. The maximum atomic E-state index is 12.7. The first-order valence-electron chi connectivity index (χ1n) is 10.6. The van der Waals surface area contributed by atoms with Crippen molar-refractivity contribution in [1.82, 2.24) is 14.6 Å². The zero-order valence-electron chi connectivity index (χ0n) is 19.2. The molecule has 180 valence electrons. The van der Waals surface area contributed by atoms with Crippen LogP contribution < -0.4 is 10.1 Å². The standard InChI is InChI=1S/C24H22N4O6S/c1-4-33-24(31)20-17(15-6-8-16(32-3)9-7-15)13-35-22(20)26-18(29)12-34-23(30)19-14(2)27-28-11-5-10-25-21(19)28/h5-11,13H,4,12H2,1-3H3,(H,26,29). The number of thiophene rings is 1. The Kier molecular flexibility index (Phi) is 7.06. The van der Waals surface area contributed by atoms with Gasteiger partial charge in [0.05, 0.1) is 19.4 Å². The van der Waals surface area contributed by atoms with Crippen molar-refractivity contribution < 1.29 is 28.6 Å². The first kappa shape index (κ1) is 23.9. The molecule has 1 N–H and O–H groups in total. The van der Waals surface area contributed by atoms with Gasteiger partial charge in [-0.2, -0.15) is 5.10 Å². The molecule has 0 unspecified atom stereocenters. The molecule has 3 aromatic heterocycles. The molecule has 35 heavy (non-hydrogen) atoms. The van der Waals surface area contributed by atoms with Gasteiger partial charge < -0.3 is 19.5 Å². The number of rotatable bonds is 8. The number of hydrogen-bond donors (Lipinski definition) is 1. The van der Waals surface area contributed by atoms with Crippen LogP contribution in [0, 0.1) is 6.92 Å². The highest BCUT2D eigenvalue weighted by molar-refractivity contribution is 7.15. The van der Waals surface area contributed by atoms with E-state index in [1.165, 1.54) is 22.0 Å². The number of methoxy groups -OCH3 is 1. The smallest absolute Gasteiger partial charge is 0.344 e. The van der Waals surface area contributed by atoms with E-state index in [-0.39, 0.29) is 17.7 Å². The molecule has 0 aliphatic heterocycles. The molecule has 1 aromatic carbocycles. The molecule has 10 nitrogen and oxygen atoms in total. The summed E-state index contributed by atoms with van der Waals surface area (Å²) < 4.78 is 17.1. The Hall–Kier alpha value is -4.25. The number of anilines is 1.